The lowest BCUT2D eigenvalue weighted by Crippen LogP contribution is -2.25. The Labute approximate surface area is 326 Å². The quantitative estimate of drug-likeness (QED) is 0.138. The number of benzene rings is 7. The van der Waals surface area contributed by atoms with Crippen molar-refractivity contribution < 1.29 is 0 Å². The minimum Gasteiger partial charge on any atom is -0.208 e. The normalized spacial score (nSPS) is 11.3. The molecule has 0 aliphatic rings. The van der Waals surface area contributed by atoms with Crippen LogP contribution in [0.4, 0.5) is 0 Å². The molecule has 56 heavy (non-hydrogen) atoms. The molecule has 266 valence electrons. The van der Waals surface area contributed by atoms with Crippen LogP contribution in [0.3, 0.4) is 0 Å². The first-order valence-corrected chi connectivity index (χ1v) is 18.6. The zero-order valence-corrected chi connectivity index (χ0v) is 30.7. The Bertz CT molecular complexity index is 2420. The molecule has 6 heteroatoms. The molecule has 0 amide bonds. The highest BCUT2D eigenvalue weighted by Gasteiger charge is 2.31. The summed E-state index contributed by atoms with van der Waals surface area (Å²) in [5, 5.41) is 0. The molecule has 9 rings (SSSR count). The molecular weight excluding hydrogens is 685 g/mol. The van der Waals surface area contributed by atoms with Crippen LogP contribution in [0.2, 0.25) is 0 Å². The van der Waals surface area contributed by atoms with Gasteiger partial charge in [-0.25, -0.2) is 29.9 Å². The van der Waals surface area contributed by atoms with Gasteiger partial charge in [-0.3, -0.25) is 0 Å². The zero-order chi connectivity index (χ0) is 37.7. The Hall–Kier alpha value is -7.44. The maximum atomic E-state index is 4.96. The number of rotatable bonds is 9. The van der Waals surface area contributed by atoms with E-state index in [1.54, 1.807) is 0 Å². The average molecular weight is 721 g/mol. The summed E-state index contributed by atoms with van der Waals surface area (Å²) >= 11 is 0. The largest absolute Gasteiger partial charge is 0.208 e. The Morgan fingerprint density at radius 1 is 0.232 bits per heavy atom. The van der Waals surface area contributed by atoms with E-state index in [-0.39, 0.29) is 0 Å². The Morgan fingerprint density at radius 2 is 0.429 bits per heavy atom. The first-order chi connectivity index (χ1) is 27.6. The Balaban J connectivity index is 1.10. The predicted molar refractivity (Wildman–Crippen MR) is 224 cm³/mol. The van der Waals surface area contributed by atoms with Gasteiger partial charge in [-0.15, -0.1) is 0 Å². The Morgan fingerprint density at radius 3 is 0.679 bits per heavy atom. The third kappa shape index (κ3) is 6.88. The highest BCUT2D eigenvalue weighted by Crippen LogP contribution is 2.40. The molecule has 6 nitrogen and oxygen atoms in total. The molecule has 0 saturated heterocycles. The van der Waals surface area contributed by atoms with Crippen molar-refractivity contribution in [3.63, 3.8) is 0 Å². The highest BCUT2D eigenvalue weighted by atomic mass is 15.0. The molecule has 0 N–H and O–H groups in total. The van der Waals surface area contributed by atoms with Crippen LogP contribution in [0.5, 0.6) is 0 Å². The van der Waals surface area contributed by atoms with Crippen molar-refractivity contribution in [2.45, 2.75) is 12.3 Å². The average Bonchev–Trinajstić information content (AvgIpc) is 3.30. The summed E-state index contributed by atoms with van der Waals surface area (Å²) in [7, 11) is 0. The molecule has 0 bridgehead atoms. The number of nitrogens with zero attached hydrogens (tertiary/aromatic N) is 6. The van der Waals surface area contributed by atoms with Gasteiger partial charge in [0.15, 0.2) is 34.9 Å². The van der Waals surface area contributed by atoms with E-state index in [2.05, 4.69) is 85.8 Å². The molecule has 0 aliphatic carbocycles. The van der Waals surface area contributed by atoms with Gasteiger partial charge in [-0.05, 0) is 23.6 Å². The molecule has 7 aromatic carbocycles. The van der Waals surface area contributed by atoms with Crippen molar-refractivity contribution in [1.82, 2.24) is 29.9 Å². The second-order valence-electron chi connectivity index (χ2n) is 13.7. The minimum atomic E-state index is -0.481. The van der Waals surface area contributed by atoms with Gasteiger partial charge < -0.3 is 0 Å². The van der Waals surface area contributed by atoms with Gasteiger partial charge in [0.2, 0.25) is 0 Å². The monoisotopic (exact) mass is 720 g/mol. The fourth-order valence-electron chi connectivity index (χ4n) is 7.05. The van der Waals surface area contributed by atoms with Gasteiger partial charge in [0.1, 0.15) is 0 Å². The molecule has 2 aromatic heterocycles. The smallest absolute Gasteiger partial charge is 0.164 e. The second kappa shape index (κ2) is 15.1. The van der Waals surface area contributed by atoms with E-state index in [0.717, 1.165) is 44.5 Å². The fourth-order valence-corrected chi connectivity index (χ4v) is 7.05. The summed E-state index contributed by atoms with van der Waals surface area (Å²) in [5.74, 6) is 3.79. The van der Waals surface area contributed by atoms with E-state index in [9.17, 15) is 0 Å². The maximum absolute atomic E-state index is 4.96. The lowest BCUT2D eigenvalue weighted by molar-refractivity contribution is 0.692. The van der Waals surface area contributed by atoms with Crippen molar-refractivity contribution in [2.75, 3.05) is 0 Å². The summed E-state index contributed by atoms with van der Waals surface area (Å²) < 4.78 is 0. The van der Waals surface area contributed by atoms with Gasteiger partial charge in [-0.2, -0.15) is 0 Å². The van der Waals surface area contributed by atoms with E-state index in [1.165, 1.54) is 5.56 Å². The van der Waals surface area contributed by atoms with Crippen LogP contribution in [-0.4, -0.2) is 29.9 Å². The molecule has 0 fully saturated rings. The molecule has 0 saturated carbocycles. The number of hydrogen-bond donors (Lipinski definition) is 0. The van der Waals surface area contributed by atoms with Crippen LogP contribution in [-0.2, 0) is 5.41 Å². The van der Waals surface area contributed by atoms with Crippen molar-refractivity contribution in [3.05, 3.63) is 217 Å². The number of hydrogen-bond acceptors (Lipinski definition) is 6. The minimum absolute atomic E-state index is 0.481. The van der Waals surface area contributed by atoms with Crippen LogP contribution >= 0.6 is 0 Å². The third-order valence-corrected chi connectivity index (χ3v) is 10.2. The van der Waals surface area contributed by atoms with E-state index in [0.29, 0.717) is 34.9 Å². The van der Waals surface area contributed by atoms with E-state index >= 15 is 0 Å². The van der Waals surface area contributed by atoms with Gasteiger partial charge in [0, 0.05) is 38.8 Å². The summed E-state index contributed by atoms with van der Waals surface area (Å²) in [4.78, 5) is 29.6. The van der Waals surface area contributed by atoms with Gasteiger partial charge in [0.05, 0.1) is 0 Å². The molecular formula is C50H36N6. The predicted octanol–water partition coefficient (Wildman–Crippen LogP) is 11.4. The SMILES string of the molecule is CC(c1ccccc1)(c1ccc(-c2nc(-c3ccccc3)nc(-c3ccccc3)n2)cc1)c1ccc(-c2nc(-c3ccccc3)nc(-c3ccccc3)n2)cc1. The van der Waals surface area contributed by atoms with Crippen molar-refractivity contribution in [3.8, 4) is 68.3 Å². The van der Waals surface area contributed by atoms with Crippen molar-refractivity contribution >= 4 is 0 Å². The lowest BCUT2D eigenvalue weighted by Gasteiger charge is -2.32. The first kappa shape index (κ1) is 34.3. The van der Waals surface area contributed by atoms with Crippen LogP contribution < -0.4 is 0 Å². The van der Waals surface area contributed by atoms with E-state index in [1.807, 2.05) is 121 Å². The summed E-state index contributed by atoms with van der Waals surface area (Å²) in [6.07, 6.45) is 0. The second-order valence-corrected chi connectivity index (χ2v) is 13.7. The molecule has 0 spiro atoms. The molecule has 9 aromatic rings. The molecule has 0 atom stereocenters. The van der Waals surface area contributed by atoms with Crippen LogP contribution in [0.1, 0.15) is 23.6 Å². The van der Waals surface area contributed by atoms with Crippen LogP contribution in [0.25, 0.3) is 68.3 Å². The van der Waals surface area contributed by atoms with Gasteiger partial charge in [-0.1, -0.05) is 200 Å². The summed E-state index contributed by atoms with van der Waals surface area (Å²) in [6.45, 7) is 2.28. The van der Waals surface area contributed by atoms with Gasteiger partial charge in [0.25, 0.3) is 0 Å². The van der Waals surface area contributed by atoms with Crippen LogP contribution in [0, 0.1) is 0 Å². The maximum Gasteiger partial charge on any atom is 0.164 e. The van der Waals surface area contributed by atoms with E-state index in [4.69, 9.17) is 29.9 Å². The lowest BCUT2D eigenvalue weighted by atomic mass is 9.71. The molecule has 0 aliphatic heterocycles. The molecule has 0 unspecified atom stereocenters. The van der Waals surface area contributed by atoms with Crippen LogP contribution in [0.15, 0.2) is 200 Å². The standard InChI is InChI=1S/C50H36N6/c1-50(41-25-15-6-16-26-41,42-31-27-39(28-32-42)48-53-44(35-17-7-2-8-18-35)51-45(54-48)36-19-9-3-10-20-36)43-33-29-40(30-34-43)49-55-46(37-21-11-4-12-22-37)52-47(56-49)38-23-13-5-14-24-38/h2-34H,1H3. The van der Waals surface area contributed by atoms with Gasteiger partial charge >= 0.3 is 0 Å². The van der Waals surface area contributed by atoms with E-state index < -0.39 is 5.41 Å². The Kier molecular flexibility index (Phi) is 9.27. The molecule has 0 radical (unpaired) electrons. The van der Waals surface area contributed by atoms with Crippen molar-refractivity contribution in [2.24, 2.45) is 0 Å². The zero-order valence-electron chi connectivity index (χ0n) is 30.7. The summed E-state index contributed by atoms with van der Waals surface area (Å²) in [6, 6.07) is 68.1. The number of aromatic nitrogens is 6. The van der Waals surface area contributed by atoms with Crippen molar-refractivity contribution in [1.29, 1.82) is 0 Å². The topological polar surface area (TPSA) is 77.3 Å². The third-order valence-electron chi connectivity index (χ3n) is 10.2. The fraction of sp³-hybridized carbons (Fsp3) is 0.0400. The first-order valence-electron chi connectivity index (χ1n) is 18.6. The molecule has 2 heterocycles. The highest BCUT2D eigenvalue weighted by molar-refractivity contribution is 5.69. The summed E-state index contributed by atoms with van der Waals surface area (Å²) in [5.41, 5.74) is 8.55.